The Labute approximate surface area is 171 Å². The molecule has 1 saturated heterocycles. The van der Waals surface area contributed by atoms with Crippen molar-refractivity contribution < 1.29 is 24.5 Å². The first-order chi connectivity index (χ1) is 14.0. The van der Waals surface area contributed by atoms with Crippen LogP contribution in [0.4, 0.5) is 0 Å². The lowest BCUT2D eigenvalue weighted by Crippen LogP contribution is -2.68. The lowest BCUT2D eigenvalue weighted by Gasteiger charge is -2.59. The second-order valence-corrected chi connectivity index (χ2v) is 9.10. The molecule has 1 aromatic carbocycles. The maximum absolute atomic E-state index is 10.8. The molecule has 7 nitrogen and oxygen atoms in total. The van der Waals surface area contributed by atoms with Gasteiger partial charge in [-0.3, -0.25) is 4.79 Å². The zero-order valence-electron chi connectivity index (χ0n) is 17.1. The molecule has 2 aliphatic carbocycles. The van der Waals surface area contributed by atoms with E-state index in [4.69, 9.17) is 14.6 Å². The van der Waals surface area contributed by atoms with Gasteiger partial charge < -0.3 is 29.9 Å². The Morgan fingerprint density at radius 3 is 3.03 bits per heavy atom. The highest BCUT2D eigenvalue weighted by Gasteiger charge is 2.65. The lowest BCUT2D eigenvalue weighted by atomic mass is 9.51. The van der Waals surface area contributed by atoms with Crippen LogP contribution in [0.15, 0.2) is 6.07 Å². The summed E-state index contributed by atoms with van der Waals surface area (Å²) in [4.78, 5) is 13.3. The number of ether oxygens (including phenoxy) is 2. The normalized spacial score (nSPS) is 34.4. The maximum atomic E-state index is 10.8. The highest BCUT2D eigenvalue weighted by molar-refractivity contribution is 5.66. The molecule has 4 aliphatic rings. The summed E-state index contributed by atoms with van der Waals surface area (Å²) in [6.45, 7) is 1.68. The molecule has 2 aliphatic heterocycles. The topological polar surface area (TPSA) is 91.3 Å². The van der Waals surface area contributed by atoms with Crippen LogP contribution in [0, 0.1) is 5.92 Å². The SMILES string of the molecule is COc1cc(O)c2c3c1C[C@@H]1[C@@H]4CC[C@H](NCCCC(=O)O)[C@H](O2)[C@]34CCN1C. The number of phenols is 1. The van der Waals surface area contributed by atoms with Crippen molar-refractivity contribution in [3.63, 3.8) is 0 Å². The Balaban J connectivity index is 1.54. The fourth-order valence-electron chi connectivity index (χ4n) is 6.71. The van der Waals surface area contributed by atoms with Crippen LogP contribution < -0.4 is 14.8 Å². The number of nitrogens with zero attached hydrogens (tertiary/aromatic N) is 1. The van der Waals surface area contributed by atoms with Crippen LogP contribution in [0.5, 0.6) is 17.2 Å². The van der Waals surface area contributed by atoms with Gasteiger partial charge in [0, 0.05) is 41.1 Å². The monoisotopic (exact) mass is 402 g/mol. The zero-order chi connectivity index (χ0) is 20.3. The highest BCUT2D eigenvalue weighted by atomic mass is 16.5. The first-order valence-corrected chi connectivity index (χ1v) is 10.7. The predicted octanol–water partition coefficient (Wildman–Crippen LogP) is 1.89. The van der Waals surface area contributed by atoms with Crippen molar-refractivity contribution in [1.29, 1.82) is 0 Å². The van der Waals surface area contributed by atoms with Gasteiger partial charge in [0.25, 0.3) is 0 Å². The summed E-state index contributed by atoms with van der Waals surface area (Å²) in [6.07, 6.45) is 4.81. The number of likely N-dealkylation sites (N-methyl/N-ethyl adjacent to an activating group) is 1. The molecule has 29 heavy (non-hydrogen) atoms. The van der Waals surface area contributed by atoms with E-state index < -0.39 is 5.97 Å². The molecule has 0 aromatic heterocycles. The summed E-state index contributed by atoms with van der Waals surface area (Å²) in [7, 11) is 3.89. The Kier molecular flexibility index (Phi) is 4.44. The number of nitrogens with one attached hydrogen (secondary N) is 1. The number of methoxy groups -OCH3 is 1. The van der Waals surface area contributed by atoms with Crippen molar-refractivity contribution in [1.82, 2.24) is 10.2 Å². The van der Waals surface area contributed by atoms with E-state index in [-0.39, 0.29) is 29.7 Å². The number of carboxylic acids is 1. The number of aliphatic carboxylic acids is 1. The molecule has 7 heteroatoms. The van der Waals surface area contributed by atoms with Crippen molar-refractivity contribution >= 4 is 5.97 Å². The number of hydrogen-bond donors (Lipinski definition) is 3. The summed E-state index contributed by atoms with van der Waals surface area (Å²) >= 11 is 0. The van der Waals surface area contributed by atoms with Gasteiger partial charge in [0.1, 0.15) is 11.9 Å². The van der Waals surface area contributed by atoms with Gasteiger partial charge in [-0.1, -0.05) is 0 Å². The third-order valence-corrected chi connectivity index (χ3v) is 7.88. The molecule has 0 radical (unpaired) electrons. The molecule has 2 bridgehead atoms. The van der Waals surface area contributed by atoms with Gasteiger partial charge in [-0.05, 0) is 58.2 Å². The first kappa shape index (κ1) is 19.0. The number of hydrogen-bond acceptors (Lipinski definition) is 6. The minimum atomic E-state index is -0.759. The third kappa shape index (κ3) is 2.60. The average molecular weight is 402 g/mol. The smallest absolute Gasteiger partial charge is 0.303 e. The molecule has 5 rings (SSSR count). The van der Waals surface area contributed by atoms with Crippen molar-refractivity contribution in [2.75, 3.05) is 27.2 Å². The van der Waals surface area contributed by atoms with Crippen LogP contribution in [-0.2, 0) is 16.6 Å². The fourth-order valence-corrected chi connectivity index (χ4v) is 6.71. The van der Waals surface area contributed by atoms with E-state index >= 15 is 0 Å². The molecule has 1 spiro atoms. The highest BCUT2D eigenvalue weighted by Crippen LogP contribution is 2.65. The quantitative estimate of drug-likeness (QED) is 0.626. The van der Waals surface area contributed by atoms with Gasteiger partial charge in [-0.2, -0.15) is 0 Å². The predicted molar refractivity (Wildman–Crippen MR) is 107 cm³/mol. The number of phenolic OH excluding ortho intramolecular Hbond substituents is 1. The molecule has 0 amide bonds. The Bertz CT molecular complexity index is 843. The van der Waals surface area contributed by atoms with Gasteiger partial charge in [-0.15, -0.1) is 0 Å². The van der Waals surface area contributed by atoms with E-state index in [2.05, 4.69) is 17.3 Å². The summed E-state index contributed by atoms with van der Waals surface area (Å²) in [5.41, 5.74) is 2.28. The van der Waals surface area contributed by atoms with E-state index in [0.29, 0.717) is 30.7 Å². The molecule has 1 aromatic rings. The molecule has 2 fully saturated rings. The minimum Gasteiger partial charge on any atom is -0.504 e. The van der Waals surface area contributed by atoms with E-state index in [1.807, 2.05) is 0 Å². The number of carbonyl (C=O) groups is 1. The number of piperidine rings is 1. The molecule has 0 unspecified atom stereocenters. The number of benzene rings is 1. The molecule has 1 saturated carbocycles. The van der Waals surface area contributed by atoms with Gasteiger partial charge in [0.05, 0.1) is 7.11 Å². The second kappa shape index (κ2) is 6.77. The third-order valence-electron chi connectivity index (χ3n) is 7.88. The van der Waals surface area contributed by atoms with Crippen molar-refractivity contribution in [3.8, 4) is 17.2 Å². The van der Waals surface area contributed by atoms with Crippen LogP contribution in [0.25, 0.3) is 0 Å². The zero-order valence-corrected chi connectivity index (χ0v) is 17.1. The van der Waals surface area contributed by atoms with Crippen molar-refractivity contribution in [2.24, 2.45) is 5.92 Å². The summed E-state index contributed by atoms with van der Waals surface area (Å²) in [6, 6.07) is 2.32. The van der Waals surface area contributed by atoms with E-state index in [9.17, 15) is 9.90 Å². The van der Waals surface area contributed by atoms with E-state index in [1.165, 1.54) is 11.1 Å². The Hall–Kier alpha value is -1.99. The first-order valence-electron chi connectivity index (χ1n) is 10.7. The van der Waals surface area contributed by atoms with Gasteiger partial charge >= 0.3 is 5.97 Å². The van der Waals surface area contributed by atoms with E-state index in [1.54, 1.807) is 13.2 Å². The summed E-state index contributed by atoms with van der Waals surface area (Å²) < 4.78 is 12.2. The number of carboxylic acid groups (broad SMARTS) is 1. The van der Waals surface area contributed by atoms with Crippen LogP contribution in [0.1, 0.15) is 43.2 Å². The van der Waals surface area contributed by atoms with Crippen molar-refractivity contribution in [2.45, 2.75) is 62.1 Å². The van der Waals surface area contributed by atoms with Crippen LogP contribution >= 0.6 is 0 Å². The summed E-state index contributed by atoms with van der Waals surface area (Å²) in [5.74, 6) is 1.33. The number of aromatic hydroxyl groups is 1. The van der Waals surface area contributed by atoms with Gasteiger partial charge in [0.15, 0.2) is 11.5 Å². The van der Waals surface area contributed by atoms with Crippen molar-refractivity contribution in [3.05, 3.63) is 17.2 Å². The molecule has 158 valence electrons. The summed E-state index contributed by atoms with van der Waals surface area (Å²) in [5, 5.41) is 23.2. The standard InChI is InChI=1S/C22H30N2O5/c1-24-9-7-22-13-5-6-14(23-8-3-4-18(26)27)21(22)29-20-16(25)11-17(28-2)12(19(20)22)10-15(13)24/h11,13-15,21,23,25H,3-10H2,1-2H3,(H,26,27)/t13-,14-,15+,21-,22-/m0/s1. The lowest BCUT2D eigenvalue weighted by molar-refractivity contribution is -0.137. The molecular weight excluding hydrogens is 372 g/mol. The minimum absolute atomic E-state index is 0.0330. The Morgan fingerprint density at radius 2 is 2.28 bits per heavy atom. The maximum Gasteiger partial charge on any atom is 0.303 e. The largest absolute Gasteiger partial charge is 0.504 e. The van der Waals surface area contributed by atoms with E-state index in [0.717, 1.165) is 38.0 Å². The molecule has 3 N–H and O–H groups in total. The van der Waals surface area contributed by atoms with Crippen LogP contribution in [0.2, 0.25) is 0 Å². The molecule has 2 heterocycles. The van der Waals surface area contributed by atoms with Gasteiger partial charge in [-0.25, -0.2) is 0 Å². The Morgan fingerprint density at radius 1 is 1.45 bits per heavy atom. The molecule has 5 atom stereocenters. The average Bonchev–Trinajstić information content (AvgIpc) is 3.05. The van der Waals surface area contributed by atoms with Crippen LogP contribution in [0.3, 0.4) is 0 Å². The molecular formula is C22H30N2O5. The second-order valence-electron chi connectivity index (χ2n) is 9.10. The van der Waals surface area contributed by atoms with Gasteiger partial charge in [0.2, 0.25) is 0 Å². The number of rotatable bonds is 6. The number of likely N-dealkylation sites (tertiary alicyclic amines) is 1. The fraction of sp³-hybridized carbons (Fsp3) is 0.682. The van der Waals surface area contributed by atoms with Crippen LogP contribution in [-0.4, -0.2) is 66.5 Å².